The van der Waals surface area contributed by atoms with Crippen LogP contribution in [0.1, 0.15) is 47.3 Å². The predicted molar refractivity (Wildman–Crippen MR) is 125 cm³/mol. The number of carbonyl (C=O) groups excluding carboxylic acids is 2. The maximum atomic E-state index is 13.1. The first kappa shape index (κ1) is 24.9. The van der Waals surface area contributed by atoms with Gasteiger partial charge in [0.25, 0.3) is 0 Å². The third kappa shape index (κ3) is 5.42. The molecule has 8 nitrogen and oxygen atoms in total. The zero-order valence-corrected chi connectivity index (χ0v) is 20.6. The summed E-state index contributed by atoms with van der Waals surface area (Å²) in [5, 5.41) is -0.544. The van der Waals surface area contributed by atoms with E-state index in [0.29, 0.717) is 34.1 Å². The minimum atomic E-state index is -3.59. The number of alkyl halides is 1. The maximum absolute atomic E-state index is 13.1. The number of halogens is 1. The molecule has 2 aromatic rings. The first-order valence-corrected chi connectivity index (χ1v) is 12.4. The van der Waals surface area contributed by atoms with E-state index in [1.807, 2.05) is 13.8 Å². The van der Waals surface area contributed by atoms with Gasteiger partial charge in [0.1, 0.15) is 34.7 Å². The molecule has 1 aliphatic heterocycles. The van der Waals surface area contributed by atoms with E-state index in [9.17, 15) is 18.0 Å². The van der Waals surface area contributed by atoms with Crippen LogP contribution in [0.15, 0.2) is 24.3 Å². The number of Topliss-reactive ketones (excluding diaryl/α,β-unsaturated/α-hetero) is 1. The molecule has 178 valence electrons. The highest BCUT2D eigenvalue weighted by Crippen LogP contribution is 2.44. The number of benzene rings is 2. The van der Waals surface area contributed by atoms with Crippen molar-refractivity contribution in [3.05, 3.63) is 46.5 Å². The number of anilines is 1. The topological polar surface area (TPSA) is 108 Å². The second-order valence-corrected chi connectivity index (χ2v) is 10.6. The largest absolute Gasteiger partial charge is 0.489 e. The van der Waals surface area contributed by atoms with Crippen molar-refractivity contribution in [2.45, 2.75) is 46.6 Å². The molecule has 0 fully saturated rings. The molecule has 0 radical (unpaired) electrons. The minimum absolute atomic E-state index is 0.0798. The van der Waals surface area contributed by atoms with Gasteiger partial charge in [0, 0.05) is 18.2 Å². The fraction of sp³-hybridized carbons (Fsp3) is 0.391. The average Bonchev–Trinajstić information content (AvgIpc) is 2.74. The molecule has 0 saturated carbocycles. The molecule has 0 spiro atoms. The van der Waals surface area contributed by atoms with E-state index in [1.165, 1.54) is 6.92 Å². The van der Waals surface area contributed by atoms with Crippen LogP contribution in [-0.2, 0) is 14.8 Å². The predicted octanol–water partition coefficient (Wildman–Crippen LogP) is 4.28. The molecule has 1 aliphatic rings. The van der Waals surface area contributed by atoms with Crippen LogP contribution < -0.4 is 18.9 Å². The molecule has 33 heavy (non-hydrogen) atoms. The molecule has 1 unspecified atom stereocenters. The summed E-state index contributed by atoms with van der Waals surface area (Å²) in [5.41, 5.74) is 1.89. The second kappa shape index (κ2) is 9.23. The van der Waals surface area contributed by atoms with Gasteiger partial charge in [-0.25, -0.2) is 8.42 Å². The monoisotopic (exact) mass is 495 g/mol. The van der Waals surface area contributed by atoms with Crippen molar-refractivity contribution in [1.29, 1.82) is 0 Å². The molecule has 1 N–H and O–H groups in total. The Morgan fingerprint density at radius 1 is 1.15 bits per heavy atom. The van der Waals surface area contributed by atoms with E-state index in [4.69, 9.17) is 25.8 Å². The highest BCUT2D eigenvalue weighted by molar-refractivity contribution is 7.93. The summed E-state index contributed by atoms with van der Waals surface area (Å²) >= 11 is 5.40. The zero-order chi connectivity index (χ0) is 24.6. The lowest BCUT2D eigenvalue weighted by atomic mass is 9.86. The summed E-state index contributed by atoms with van der Waals surface area (Å²) in [5.74, 6) is 0.766. The molecule has 0 aliphatic carbocycles. The molecule has 0 amide bonds. The van der Waals surface area contributed by atoms with Crippen molar-refractivity contribution in [2.75, 3.05) is 16.5 Å². The van der Waals surface area contributed by atoms with Crippen LogP contribution in [0.25, 0.3) is 0 Å². The normalized spacial score (nSPS) is 17.7. The number of fused-ring (bicyclic) bond motifs is 1. The van der Waals surface area contributed by atoms with Gasteiger partial charge in [-0.3, -0.25) is 14.3 Å². The molecule has 0 bridgehead atoms. The second-order valence-electron chi connectivity index (χ2n) is 8.29. The number of ether oxygens (including phenoxy) is 3. The first-order chi connectivity index (χ1) is 15.4. The average molecular weight is 496 g/mol. The lowest BCUT2D eigenvalue weighted by molar-refractivity contribution is -0.132. The number of rotatable bonds is 7. The molecule has 3 rings (SSSR count). The molecular weight excluding hydrogens is 470 g/mol. The SMILES string of the molecule is CC(=O)Oc1c(C)c(C)c2c(c1C)C(=O)CC(C)(COc1ccc(NS(=O)(=O)CCl)cc1)O2. The molecule has 1 heterocycles. The van der Waals surface area contributed by atoms with Crippen LogP contribution in [-0.4, -0.2) is 37.6 Å². The maximum Gasteiger partial charge on any atom is 0.308 e. The number of hydrogen-bond donors (Lipinski definition) is 1. The summed E-state index contributed by atoms with van der Waals surface area (Å²) in [7, 11) is -3.59. The van der Waals surface area contributed by atoms with Gasteiger partial charge in [-0.05, 0) is 63.1 Å². The van der Waals surface area contributed by atoms with Crippen LogP contribution >= 0.6 is 11.6 Å². The quantitative estimate of drug-likeness (QED) is 0.347. The van der Waals surface area contributed by atoms with E-state index >= 15 is 0 Å². The Kier molecular flexibility index (Phi) is 6.95. The molecule has 0 saturated heterocycles. The fourth-order valence-electron chi connectivity index (χ4n) is 3.71. The lowest BCUT2D eigenvalue weighted by Crippen LogP contribution is -2.45. The molecular formula is C23H26ClNO7S. The van der Waals surface area contributed by atoms with Crippen molar-refractivity contribution in [2.24, 2.45) is 0 Å². The Balaban J connectivity index is 1.80. The van der Waals surface area contributed by atoms with Gasteiger partial charge in [-0.1, -0.05) is 0 Å². The van der Waals surface area contributed by atoms with Gasteiger partial charge in [0.05, 0.1) is 12.0 Å². The van der Waals surface area contributed by atoms with Gasteiger partial charge < -0.3 is 14.2 Å². The van der Waals surface area contributed by atoms with E-state index in [-0.39, 0.29) is 18.8 Å². The van der Waals surface area contributed by atoms with E-state index in [0.717, 1.165) is 11.1 Å². The van der Waals surface area contributed by atoms with Crippen LogP contribution in [0, 0.1) is 20.8 Å². The van der Waals surface area contributed by atoms with Gasteiger partial charge in [0.15, 0.2) is 5.78 Å². The highest BCUT2D eigenvalue weighted by Gasteiger charge is 2.40. The zero-order valence-electron chi connectivity index (χ0n) is 19.1. The van der Waals surface area contributed by atoms with Crippen molar-refractivity contribution in [3.8, 4) is 17.2 Å². The summed E-state index contributed by atoms with van der Waals surface area (Å²) in [6.07, 6.45) is 0.0798. The van der Waals surface area contributed by atoms with Crippen molar-refractivity contribution in [1.82, 2.24) is 0 Å². The smallest absolute Gasteiger partial charge is 0.308 e. The molecule has 1 atom stereocenters. The van der Waals surface area contributed by atoms with Gasteiger partial charge in [-0.15, -0.1) is 11.6 Å². The van der Waals surface area contributed by atoms with Crippen LogP contribution in [0.2, 0.25) is 0 Å². The number of hydrogen-bond acceptors (Lipinski definition) is 7. The van der Waals surface area contributed by atoms with Crippen molar-refractivity contribution in [3.63, 3.8) is 0 Å². The minimum Gasteiger partial charge on any atom is -0.489 e. The van der Waals surface area contributed by atoms with E-state index in [1.54, 1.807) is 38.1 Å². The van der Waals surface area contributed by atoms with Crippen LogP contribution in [0.4, 0.5) is 5.69 Å². The third-order valence-corrected chi connectivity index (χ3v) is 7.11. The number of nitrogens with one attached hydrogen (secondary N) is 1. The van der Waals surface area contributed by atoms with Crippen molar-refractivity contribution >= 4 is 39.1 Å². The Labute approximate surface area is 198 Å². The van der Waals surface area contributed by atoms with Gasteiger partial charge in [0.2, 0.25) is 10.0 Å². The number of carbonyl (C=O) groups is 2. The lowest BCUT2D eigenvalue weighted by Gasteiger charge is -2.36. The van der Waals surface area contributed by atoms with E-state index in [2.05, 4.69) is 4.72 Å². The molecule has 10 heteroatoms. The third-order valence-electron chi connectivity index (χ3n) is 5.41. The Hall–Kier alpha value is -2.78. The molecule has 0 aromatic heterocycles. The van der Waals surface area contributed by atoms with Gasteiger partial charge in [-0.2, -0.15) is 0 Å². The summed E-state index contributed by atoms with van der Waals surface area (Å²) in [4.78, 5) is 24.6. The van der Waals surface area contributed by atoms with Crippen LogP contribution in [0.3, 0.4) is 0 Å². The Bertz CT molecular complexity index is 1210. The number of sulfonamides is 1. The van der Waals surface area contributed by atoms with Gasteiger partial charge >= 0.3 is 5.97 Å². The van der Waals surface area contributed by atoms with E-state index < -0.39 is 26.8 Å². The highest BCUT2D eigenvalue weighted by atomic mass is 35.5. The molecule has 2 aromatic carbocycles. The fourth-order valence-corrected chi connectivity index (χ4v) is 4.42. The van der Waals surface area contributed by atoms with Crippen molar-refractivity contribution < 1.29 is 32.2 Å². The standard InChI is InChI=1S/C23H26ClNO7S/c1-13-14(2)22-20(15(3)21(13)31-16(4)26)19(27)10-23(5,32-22)11-30-18-8-6-17(7-9-18)25-33(28,29)12-24/h6-9,25H,10-12H2,1-5H3. The van der Waals surface area contributed by atoms with Crippen LogP contribution in [0.5, 0.6) is 17.2 Å². The summed E-state index contributed by atoms with van der Waals surface area (Å²) in [6.45, 7) is 8.58. The Morgan fingerprint density at radius 3 is 2.36 bits per heavy atom. The number of ketones is 1. The summed E-state index contributed by atoms with van der Waals surface area (Å²) in [6, 6.07) is 6.33. The summed E-state index contributed by atoms with van der Waals surface area (Å²) < 4.78 is 42.9. The number of esters is 1. The first-order valence-electron chi connectivity index (χ1n) is 10.2. The Morgan fingerprint density at radius 2 is 1.79 bits per heavy atom.